The molecule has 1 rings (SSSR count). The van der Waals surface area contributed by atoms with E-state index in [0.717, 1.165) is 11.8 Å². The first-order chi connectivity index (χ1) is 5.36. The predicted octanol–water partition coefficient (Wildman–Crippen LogP) is 3.47. The molecule has 0 aromatic heterocycles. The first-order valence-corrected chi connectivity index (χ1v) is 5.88. The zero-order valence-electron chi connectivity index (χ0n) is 7.68. The fourth-order valence-corrected chi connectivity index (χ4v) is 2.64. The molecule has 1 heteroatoms. The van der Waals surface area contributed by atoms with Crippen LogP contribution in [0, 0.1) is 11.8 Å². The molecule has 0 spiro atoms. The summed E-state index contributed by atoms with van der Waals surface area (Å²) in [6, 6.07) is 0. The highest BCUT2D eigenvalue weighted by molar-refractivity contribution is 7.16. The second kappa shape index (κ2) is 5.14. The Morgan fingerprint density at radius 3 is 2.09 bits per heavy atom. The standard InChI is InChI=1S/C10H21P/c1-2-3-9-4-6-10(8-11)7-5-9/h9-10H,2-8,11H2,1H3. The van der Waals surface area contributed by atoms with Crippen molar-refractivity contribution in [2.24, 2.45) is 11.8 Å². The van der Waals surface area contributed by atoms with E-state index in [0.29, 0.717) is 0 Å². The summed E-state index contributed by atoms with van der Waals surface area (Å²) in [7, 11) is 2.89. The number of hydrogen-bond donors (Lipinski definition) is 0. The van der Waals surface area contributed by atoms with E-state index in [9.17, 15) is 0 Å². The van der Waals surface area contributed by atoms with Gasteiger partial charge in [0.2, 0.25) is 0 Å². The minimum Gasteiger partial charge on any atom is -0.137 e. The van der Waals surface area contributed by atoms with Crippen molar-refractivity contribution in [2.45, 2.75) is 45.4 Å². The second-order valence-corrected chi connectivity index (χ2v) is 4.38. The Morgan fingerprint density at radius 1 is 1.09 bits per heavy atom. The van der Waals surface area contributed by atoms with Crippen LogP contribution in [0.25, 0.3) is 0 Å². The summed E-state index contributed by atoms with van der Waals surface area (Å²) in [4.78, 5) is 0. The van der Waals surface area contributed by atoms with Crippen LogP contribution in [-0.2, 0) is 0 Å². The van der Waals surface area contributed by atoms with Gasteiger partial charge < -0.3 is 0 Å². The van der Waals surface area contributed by atoms with Gasteiger partial charge >= 0.3 is 0 Å². The van der Waals surface area contributed by atoms with Crippen molar-refractivity contribution >= 4 is 9.24 Å². The third-order valence-corrected chi connectivity index (χ3v) is 3.66. The predicted molar refractivity (Wildman–Crippen MR) is 54.9 cm³/mol. The Hall–Kier alpha value is 0.430. The Bertz CT molecular complexity index is 93.0. The molecule has 1 atom stereocenters. The van der Waals surface area contributed by atoms with Gasteiger partial charge in [0.25, 0.3) is 0 Å². The van der Waals surface area contributed by atoms with E-state index in [4.69, 9.17) is 0 Å². The van der Waals surface area contributed by atoms with Crippen LogP contribution in [0.1, 0.15) is 45.4 Å². The van der Waals surface area contributed by atoms with Crippen molar-refractivity contribution in [3.8, 4) is 0 Å². The average molecular weight is 172 g/mol. The van der Waals surface area contributed by atoms with Gasteiger partial charge in [-0.15, -0.1) is 9.24 Å². The lowest BCUT2D eigenvalue weighted by atomic mass is 9.81. The maximum Gasteiger partial charge on any atom is -0.0353 e. The minimum atomic E-state index is 1.04. The topological polar surface area (TPSA) is 0 Å². The van der Waals surface area contributed by atoms with E-state index < -0.39 is 0 Å². The van der Waals surface area contributed by atoms with E-state index in [-0.39, 0.29) is 0 Å². The van der Waals surface area contributed by atoms with Gasteiger partial charge in [0.05, 0.1) is 0 Å². The highest BCUT2D eigenvalue weighted by atomic mass is 31.0. The van der Waals surface area contributed by atoms with Crippen LogP contribution in [0.5, 0.6) is 0 Å². The van der Waals surface area contributed by atoms with Crippen molar-refractivity contribution in [3.63, 3.8) is 0 Å². The van der Waals surface area contributed by atoms with E-state index in [1.54, 1.807) is 0 Å². The number of hydrogen-bond acceptors (Lipinski definition) is 0. The smallest absolute Gasteiger partial charge is 0.0353 e. The Kier molecular flexibility index (Phi) is 4.45. The molecule has 66 valence electrons. The fourth-order valence-electron chi connectivity index (χ4n) is 2.16. The summed E-state index contributed by atoms with van der Waals surface area (Å²) in [6.07, 6.45) is 10.2. The summed E-state index contributed by atoms with van der Waals surface area (Å²) in [5, 5.41) is 0. The molecule has 1 fully saturated rings. The monoisotopic (exact) mass is 172 g/mol. The van der Waals surface area contributed by atoms with Gasteiger partial charge in [-0.1, -0.05) is 32.6 Å². The van der Waals surface area contributed by atoms with E-state index in [1.807, 2.05) is 0 Å². The third-order valence-electron chi connectivity index (χ3n) is 3.00. The number of rotatable bonds is 3. The zero-order valence-corrected chi connectivity index (χ0v) is 8.84. The Morgan fingerprint density at radius 2 is 1.64 bits per heavy atom. The summed E-state index contributed by atoms with van der Waals surface area (Å²) in [5.41, 5.74) is 0. The van der Waals surface area contributed by atoms with Crippen LogP contribution in [-0.4, -0.2) is 6.16 Å². The van der Waals surface area contributed by atoms with Crippen LogP contribution in [0.4, 0.5) is 0 Å². The lowest BCUT2D eigenvalue weighted by Gasteiger charge is -2.27. The molecule has 1 aliphatic carbocycles. The van der Waals surface area contributed by atoms with Crippen LogP contribution in [0.15, 0.2) is 0 Å². The van der Waals surface area contributed by atoms with Crippen LogP contribution < -0.4 is 0 Å². The summed E-state index contributed by atoms with van der Waals surface area (Å²) in [5.74, 6) is 2.11. The highest BCUT2D eigenvalue weighted by Gasteiger charge is 2.18. The molecular formula is C10H21P. The van der Waals surface area contributed by atoms with Gasteiger partial charge in [0.1, 0.15) is 0 Å². The maximum absolute atomic E-state index is 2.89. The normalized spacial score (nSPS) is 32.2. The molecule has 1 saturated carbocycles. The molecule has 0 N–H and O–H groups in total. The van der Waals surface area contributed by atoms with Gasteiger partial charge in [-0.05, 0) is 30.8 Å². The van der Waals surface area contributed by atoms with Crippen molar-refractivity contribution < 1.29 is 0 Å². The molecule has 0 heterocycles. The van der Waals surface area contributed by atoms with E-state index >= 15 is 0 Å². The second-order valence-electron chi connectivity index (χ2n) is 3.91. The maximum atomic E-state index is 2.89. The quantitative estimate of drug-likeness (QED) is 0.572. The van der Waals surface area contributed by atoms with Crippen molar-refractivity contribution in [3.05, 3.63) is 0 Å². The van der Waals surface area contributed by atoms with E-state index in [2.05, 4.69) is 16.2 Å². The lowest BCUT2D eigenvalue weighted by Crippen LogP contribution is -2.15. The molecule has 11 heavy (non-hydrogen) atoms. The lowest BCUT2D eigenvalue weighted by molar-refractivity contribution is 0.279. The van der Waals surface area contributed by atoms with Gasteiger partial charge in [-0.25, -0.2) is 0 Å². The van der Waals surface area contributed by atoms with Gasteiger partial charge in [0.15, 0.2) is 0 Å². The molecule has 0 amide bonds. The van der Waals surface area contributed by atoms with E-state index in [1.165, 1.54) is 44.7 Å². The van der Waals surface area contributed by atoms with Gasteiger partial charge in [-0.2, -0.15) is 0 Å². The fraction of sp³-hybridized carbons (Fsp3) is 1.00. The molecule has 1 unspecified atom stereocenters. The molecule has 0 aromatic carbocycles. The average Bonchev–Trinajstić information content (AvgIpc) is 2.07. The van der Waals surface area contributed by atoms with Gasteiger partial charge in [-0.3, -0.25) is 0 Å². The highest BCUT2D eigenvalue weighted by Crippen LogP contribution is 2.32. The first kappa shape index (κ1) is 9.52. The van der Waals surface area contributed by atoms with Crippen molar-refractivity contribution in [1.82, 2.24) is 0 Å². The van der Waals surface area contributed by atoms with Crippen LogP contribution >= 0.6 is 9.24 Å². The Balaban J connectivity index is 2.14. The SMILES string of the molecule is CCCC1CCC(CP)CC1. The molecule has 0 aliphatic heterocycles. The van der Waals surface area contributed by atoms with Gasteiger partial charge in [0, 0.05) is 0 Å². The molecule has 0 nitrogen and oxygen atoms in total. The van der Waals surface area contributed by atoms with Crippen LogP contribution in [0.2, 0.25) is 0 Å². The molecule has 0 aromatic rings. The third kappa shape index (κ3) is 3.11. The molecule has 0 saturated heterocycles. The minimum absolute atomic E-state index is 1.04. The summed E-state index contributed by atoms with van der Waals surface area (Å²) < 4.78 is 0. The largest absolute Gasteiger partial charge is 0.137 e. The van der Waals surface area contributed by atoms with Crippen molar-refractivity contribution in [1.29, 1.82) is 0 Å². The van der Waals surface area contributed by atoms with Crippen molar-refractivity contribution in [2.75, 3.05) is 6.16 Å². The zero-order chi connectivity index (χ0) is 8.10. The Labute approximate surface area is 73.3 Å². The first-order valence-electron chi connectivity index (χ1n) is 5.06. The summed E-state index contributed by atoms with van der Waals surface area (Å²) in [6.45, 7) is 2.31. The molecule has 0 bridgehead atoms. The summed E-state index contributed by atoms with van der Waals surface area (Å²) >= 11 is 0. The molecule has 1 aliphatic rings. The molecule has 0 radical (unpaired) electrons. The van der Waals surface area contributed by atoms with Crippen LogP contribution in [0.3, 0.4) is 0 Å². The molecular weight excluding hydrogens is 151 g/mol.